The monoisotopic (exact) mass is 333 g/mol. The molecule has 0 radical (unpaired) electrons. The maximum Gasteiger partial charge on any atom is 0.315 e. The first-order chi connectivity index (χ1) is 11.1. The molecule has 0 aliphatic heterocycles. The number of urea groups is 1. The number of nitrogens with one attached hydrogen (secondary N) is 2. The van der Waals surface area contributed by atoms with Crippen molar-refractivity contribution in [3.8, 4) is 0 Å². The molecule has 1 heterocycles. The highest BCUT2D eigenvalue weighted by molar-refractivity contribution is 7.90. The molecule has 0 spiro atoms. The van der Waals surface area contributed by atoms with E-state index in [-0.39, 0.29) is 18.1 Å². The van der Waals surface area contributed by atoms with Crippen molar-refractivity contribution in [2.75, 3.05) is 12.3 Å². The van der Waals surface area contributed by atoms with Crippen molar-refractivity contribution >= 4 is 15.9 Å². The van der Waals surface area contributed by atoms with Crippen LogP contribution in [-0.2, 0) is 22.1 Å². The topological polar surface area (TPSA) is 88.2 Å². The van der Waals surface area contributed by atoms with Crippen molar-refractivity contribution in [1.82, 2.24) is 15.6 Å². The van der Waals surface area contributed by atoms with Gasteiger partial charge in [0.05, 0.1) is 23.7 Å². The van der Waals surface area contributed by atoms with Gasteiger partial charge in [-0.25, -0.2) is 13.2 Å². The SMILES string of the molecule is O=C(NCCS(=O)(=O)Cc1ccccc1)NCc1ccccn1. The summed E-state index contributed by atoms with van der Waals surface area (Å²) >= 11 is 0. The van der Waals surface area contributed by atoms with Crippen LogP contribution >= 0.6 is 0 Å². The van der Waals surface area contributed by atoms with Crippen LogP contribution in [0.2, 0.25) is 0 Å². The molecule has 0 aliphatic carbocycles. The predicted molar refractivity (Wildman–Crippen MR) is 88.4 cm³/mol. The summed E-state index contributed by atoms with van der Waals surface area (Å²) in [6.45, 7) is 0.368. The first-order valence-electron chi connectivity index (χ1n) is 7.21. The molecule has 6 nitrogen and oxygen atoms in total. The van der Waals surface area contributed by atoms with E-state index >= 15 is 0 Å². The Morgan fingerprint density at radius 2 is 1.74 bits per heavy atom. The number of hydrogen-bond acceptors (Lipinski definition) is 4. The quantitative estimate of drug-likeness (QED) is 0.803. The summed E-state index contributed by atoms with van der Waals surface area (Å²) in [6.07, 6.45) is 1.64. The van der Waals surface area contributed by atoms with Gasteiger partial charge in [-0.05, 0) is 17.7 Å². The van der Waals surface area contributed by atoms with Gasteiger partial charge in [0.2, 0.25) is 0 Å². The van der Waals surface area contributed by atoms with E-state index < -0.39 is 15.9 Å². The molecule has 1 aromatic heterocycles. The lowest BCUT2D eigenvalue weighted by atomic mass is 10.2. The van der Waals surface area contributed by atoms with Crippen molar-refractivity contribution in [1.29, 1.82) is 0 Å². The van der Waals surface area contributed by atoms with Crippen molar-refractivity contribution in [3.05, 3.63) is 66.0 Å². The number of carbonyl (C=O) groups is 1. The first kappa shape index (κ1) is 17.0. The number of rotatable bonds is 7. The minimum absolute atomic E-state index is 0.0227. The number of aromatic nitrogens is 1. The molecule has 7 heteroatoms. The second kappa shape index (κ2) is 8.28. The number of amides is 2. The van der Waals surface area contributed by atoms with Gasteiger partial charge in [-0.1, -0.05) is 36.4 Å². The van der Waals surface area contributed by atoms with Crippen LogP contribution in [0.25, 0.3) is 0 Å². The zero-order valence-corrected chi connectivity index (χ0v) is 13.4. The Labute approximate surface area is 135 Å². The molecule has 1 aromatic carbocycles. The largest absolute Gasteiger partial charge is 0.337 e. The number of benzene rings is 1. The fraction of sp³-hybridized carbons (Fsp3) is 0.250. The number of carbonyl (C=O) groups excluding carboxylic acids is 1. The lowest BCUT2D eigenvalue weighted by molar-refractivity contribution is 0.241. The van der Waals surface area contributed by atoms with E-state index in [2.05, 4.69) is 15.6 Å². The number of pyridine rings is 1. The van der Waals surface area contributed by atoms with Gasteiger partial charge >= 0.3 is 6.03 Å². The Balaban J connectivity index is 1.70. The highest BCUT2D eigenvalue weighted by atomic mass is 32.2. The Kier molecular flexibility index (Phi) is 6.10. The zero-order valence-electron chi connectivity index (χ0n) is 12.6. The van der Waals surface area contributed by atoms with E-state index in [1.807, 2.05) is 12.1 Å². The Bertz CT molecular complexity index is 719. The van der Waals surface area contributed by atoms with Gasteiger partial charge in [-0.2, -0.15) is 0 Å². The third kappa shape index (κ3) is 6.48. The van der Waals surface area contributed by atoms with Crippen molar-refractivity contribution < 1.29 is 13.2 Å². The first-order valence-corrected chi connectivity index (χ1v) is 9.03. The molecule has 0 bridgehead atoms. The fourth-order valence-electron chi connectivity index (χ4n) is 1.96. The molecule has 0 atom stereocenters. The van der Waals surface area contributed by atoms with E-state index in [0.29, 0.717) is 6.54 Å². The average molecular weight is 333 g/mol. The van der Waals surface area contributed by atoms with Crippen LogP contribution in [0.15, 0.2) is 54.7 Å². The van der Waals surface area contributed by atoms with Crippen molar-refractivity contribution in [3.63, 3.8) is 0 Å². The molecule has 0 aliphatic rings. The lowest BCUT2D eigenvalue weighted by Gasteiger charge is -2.08. The summed E-state index contributed by atoms with van der Waals surface area (Å²) in [7, 11) is -3.25. The maximum absolute atomic E-state index is 12.0. The maximum atomic E-state index is 12.0. The molecule has 2 amide bonds. The molecule has 2 N–H and O–H groups in total. The van der Waals surface area contributed by atoms with Gasteiger partial charge in [0.15, 0.2) is 9.84 Å². The average Bonchev–Trinajstić information content (AvgIpc) is 2.54. The summed E-state index contributed by atoms with van der Waals surface area (Å²) in [4.78, 5) is 15.7. The Morgan fingerprint density at radius 3 is 2.43 bits per heavy atom. The van der Waals surface area contributed by atoms with Crippen molar-refractivity contribution in [2.45, 2.75) is 12.3 Å². The molecule has 2 rings (SSSR count). The van der Waals surface area contributed by atoms with Gasteiger partial charge in [0.25, 0.3) is 0 Å². The Hall–Kier alpha value is -2.41. The van der Waals surface area contributed by atoms with Gasteiger partial charge in [0.1, 0.15) is 0 Å². The molecule has 0 saturated heterocycles. The van der Waals surface area contributed by atoms with Gasteiger partial charge in [-0.3, -0.25) is 4.98 Å². The molecule has 23 heavy (non-hydrogen) atoms. The van der Waals surface area contributed by atoms with Crippen LogP contribution in [-0.4, -0.2) is 31.7 Å². The van der Waals surface area contributed by atoms with Gasteiger partial charge in [-0.15, -0.1) is 0 Å². The lowest BCUT2D eigenvalue weighted by Crippen LogP contribution is -2.37. The third-order valence-corrected chi connectivity index (χ3v) is 4.68. The van der Waals surface area contributed by atoms with Crippen LogP contribution in [0.4, 0.5) is 4.79 Å². The van der Waals surface area contributed by atoms with Gasteiger partial charge < -0.3 is 10.6 Å². The predicted octanol–water partition coefficient (Wildman–Crippen LogP) is 1.50. The van der Waals surface area contributed by atoms with Crippen molar-refractivity contribution in [2.24, 2.45) is 0 Å². The fourth-order valence-corrected chi connectivity index (χ4v) is 3.21. The number of nitrogens with zero attached hydrogens (tertiary/aromatic N) is 1. The van der Waals surface area contributed by atoms with Crippen LogP contribution < -0.4 is 10.6 Å². The summed E-state index contributed by atoms with van der Waals surface area (Å²) in [5.74, 6) is -0.121. The molecule has 0 saturated carbocycles. The van der Waals surface area contributed by atoms with E-state index in [0.717, 1.165) is 11.3 Å². The normalized spacial score (nSPS) is 11.0. The van der Waals surface area contributed by atoms with Crippen LogP contribution in [0.3, 0.4) is 0 Å². The highest BCUT2D eigenvalue weighted by Crippen LogP contribution is 2.05. The molecule has 122 valence electrons. The summed E-state index contributed by atoms with van der Waals surface area (Å²) in [5, 5.41) is 5.17. The molecular formula is C16H19N3O3S. The highest BCUT2D eigenvalue weighted by Gasteiger charge is 2.12. The van der Waals surface area contributed by atoms with E-state index in [1.54, 1.807) is 42.6 Å². The van der Waals surface area contributed by atoms with Crippen LogP contribution in [0.1, 0.15) is 11.3 Å². The minimum Gasteiger partial charge on any atom is -0.337 e. The molecule has 0 fully saturated rings. The van der Waals surface area contributed by atoms with E-state index in [4.69, 9.17) is 0 Å². The van der Waals surface area contributed by atoms with Crippen LogP contribution in [0.5, 0.6) is 0 Å². The number of sulfone groups is 1. The zero-order chi connectivity index (χ0) is 16.5. The standard InChI is InChI=1S/C16H19N3O3S/c20-16(19-12-15-8-4-5-9-17-15)18-10-11-23(21,22)13-14-6-2-1-3-7-14/h1-9H,10-13H2,(H2,18,19,20). The third-order valence-electron chi connectivity index (χ3n) is 3.08. The molecule has 2 aromatic rings. The van der Waals surface area contributed by atoms with E-state index in [9.17, 15) is 13.2 Å². The molecule has 0 unspecified atom stereocenters. The van der Waals surface area contributed by atoms with Crippen LogP contribution in [0, 0.1) is 0 Å². The summed E-state index contributed by atoms with van der Waals surface area (Å²) in [5.41, 5.74) is 1.48. The smallest absolute Gasteiger partial charge is 0.315 e. The minimum atomic E-state index is -3.25. The number of hydrogen-bond donors (Lipinski definition) is 2. The summed E-state index contributed by atoms with van der Waals surface area (Å²) < 4.78 is 24.0. The van der Waals surface area contributed by atoms with E-state index in [1.165, 1.54) is 0 Å². The second-order valence-electron chi connectivity index (χ2n) is 5.01. The molecular weight excluding hydrogens is 314 g/mol. The van der Waals surface area contributed by atoms with Gasteiger partial charge in [0, 0.05) is 12.7 Å². The Morgan fingerprint density at radius 1 is 1.00 bits per heavy atom. The summed E-state index contributed by atoms with van der Waals surface area (Å²) in [6, 6.07) is 14.0. The second-order valence-corrected chi connectivity index (χ2v) is 7.19.